The van der Waals surface area contributed by atoms with Crippen LogP contribution in [0, 0.1) is 5.41 Å². The molecule has 0 aromatic heterocycles. The topological polar surface area (TPSA) is 9.23 Å². The van der Waals surface area contributed by atoms with E-state index < -0.39 is 16.2 Å². The Morgan fingerprint density at radius 2 is 1.92 bits per heavy atom. The first-order valence-corrected chi connectivity index (χ1v) is 11.4. The molecule has 0 aromatic rings. The summed E-state index contributed by atoms with van der Waals surface area (Å²) >= 11 is -2.04. The van der Waals surface area contributed by atoms with Crippen molar-refractivity contribution in [2.75, 3.05) is 6.61 Å². The Labute approximate surface area is 92.3 Å². The Balaban J connectivity index is 3.62. The molecule has 0 amide bonds. The summed E-state index contributed by atoms with van der Waals surface area (Å²) in [5.74, 6) is 0. The third-order valence-electron chi connectivity index (χ3n) is 1.39. The molecule has 0 saturated carbocycles. The SMILES string of the molecule is CCCCC[O][W]([Cl])=[CH]C(C)(C)C. The summed E-state index contributed by atoms with van der Waals surface area (Å²) < 4.78 is 7.85. The molecule has 0 saturated heterocycles. The number of hydrogen-bond acceptors (Lipinski definition) is 1. The molecule has 0 aliphatic heterocycles. The zero-order chi connectivity index (χ0) is 10.3. The van der Waals surface area contributed by atoms with Gasteiger partial charge in [-0.2, -0.15) is 0 Å². The predicted octanol–water partition coefficient (Wildman–Crippen LogP) is 3.73. The number of hydrogen-bond donors (Lipinski definition) is 0. The van der Waals surface area contributed by atoms with E-state index in [1.807, 2.05) is 0 Å². The fourth-order valence-corrected chi connectivity index (χ4v) is 6.74. The molecule has 0 heterocycles. The van der Waals surface area contributed by atoms with Gasteiger partial charge in [-0.15, -0.1) is 0 Å². The third kappa shape index (κ3) is 10.7. The van der Waals surface area contributed by atoms with Gasteiger partial charge in [0.05, 0.1) is 0 Å². The van der Waals surface area contributed by atoms with Crippen molar-refractivity contribution < 1.29 is 19.6 Å². The van der Waals surface area contributed by atoms with Crippen molar-refractivity contribution in [2.24, 2.45) is 5.41 Å². The number of rotatable bonds is 5. The predicted molar refractivity (Wildman–Crippen MR) is 56.8 cm³/mol. The van der Waals surface area contributed by atoms with E-state index in [1.54, 1.807) is 0 Å². The van der Waals surface area contributed by atoms with Gasteiger partial charge in [-0.05, 0) is 0 Å². The van der Waals surface area contributed by atoms with Crippen LogP contribution in [0.4, 0.5) is 0 Å². The summed E-state index contributed by atoms with van der Waals surface area (Å²) in [6.45, 7) is 9.57. The zero-order valence-electron chi connectivity index (χ0n) is 9.10. The monoisotopic (exact) mass is 376 g/mol. The van der Waals surface area contributed by atoms with Crippen molar-refractivity contribution in [3.63, 3.8) is 0 Å². The summed E-state index contributed by atoms with van der Waals surface area (Å²) in [6.07, 6.45) is 3.65. The van der Waals surface area contributed by atoms with E-state index in [2.05, 4.69) is 32.1 Å². The van der Waals surface area contributed by atoms with E-state index in [0.29, 0.717) is 0 Å². The van der Waals surface area contributed by atoms with Crippen LogP contribution in [0.25, 0.3) is 0 Å². The molecule has 0 unspecified atom stereocenters. The van der Waals surface area contributed by atoms with E-state index >= 15 is 0 Å². The number of halogens is 1. The molecule has 13 heavy (non-hydrogen) atoms. The molecule has 0 N–H and O–H groups in total. The minimum absolute atomic E-state index is 0.223. The molecule has 0 aromatic carbocycles. The van der Waals surface area contributed by atoms with Gasteiger partial charge in [0.2, 0.25) is 0 Å². The van der Waals surface area contributed by atoms with Gasteiger partial charge in [-0.25, -0.2) is 0 Å². The van der Waals surface area contributed by atoms with Crippen molar-refractivity contribution >= 4 is 13.8 Å². The van der Waals surface area contributed by atoms with Crippen LogP contribution in [0.5, 0.6) is 0 Å². The summed E-state index contributed by atoms with van der Waals surface area (Å²) in [5.41, 5.74) is 0.223. The van der Waals surface area contributed by atoms with Crippen LogP contribution >= 0.6 is 9.42 Å². The van der Waals surface area contributed by atoms with Crippen LogP contribution in [0.3, 0.4) is 0 Å². The van der Waals surface area contributed by atoms with Crippen LogP contribution < -0.4 is 0 Å². The molecule has 1 nitrogen and oxygen atoms in total. The van der Waals surface area contributed by atoms with Crippen LogP contribution in [-0.2, 0) is 19.6 Å². The Hall–Kier alpha value is 0.808. The second-order valence-electron chi connectivity index (χ2n) is 4.26. The van der Waals surface area contributed by atoms with Gasteiger partial charge in [0, 0.05) is 0 Å². The average Bonchev–Trinajstić information content (AvgIpc) is 1.94. The third-order valence-corrected chi connectivity index (χ3v) is 7.46. The van der Waals surface area contributed by atoms with Crippen LogP contribution in [0.2, 0.25) is 0 Å². The van der Waals surface area contributed by atoms with Crippen molar-refractivity contribution in [1.82, 2.24) is 0 Å². The second-order valence-corrected chi connectivity index (χ2v) is 10.2. The Morgan fingerprint density at radius 3 is 2.38 bits per heavy atom. The van der Waals surface area contributed by atoms with Gasteiger partial charge in [0.15, 0.2) is 0 Å². The van der Waals surface area contributed by atoms with Crippen molar-refractivity contribution in [3.8, 4) is 0 Å². The Bertz CT molecular complexity index is 161. The summed E-state index contributed by atoms with van der Waals surface area (Å²) in [4.78, 5) is 0. The van der Waals surface area contributed by atoms with Crippen molar-refractivity contribution in [2.45, 2.75) is 47.0 Å². The molecule has 80 valence electrons. The first-order chi connectivity index (χ1) is 5.95. The maximum atomic E-state index is 6.16. The molecule has 0 radical (unpaired) electrons. The van der Waals surface area contributed by atoms with Crippen molar-refractivity contribution in [1.29, 1.82) is 0 Å². The van der Waals surface area contributed by atoms with Crippen molar-refractivity contribution in [3.05, 3.63) is 0 Å². The molecule has 0 bridgehead atoms. The average molecular weight is 377 g/mol. The zero-order valence-corrected chi connectivity index (χ0v) is 12.8. The van der Waals surface area contributed by atoms with E-state index in [9.17, 15) is 0 Å². The normalized spacial score (nSPS) is 14.8. The molecule has 3 heteroatoms. The van der Waals surface area contributed by atoms with Crippen LogP contribution in [0.15, 0.2) is 0 Å². The van der Waals surface area contributed by atoms with Gasteiger partial charge in [0.25, 0.3) is 0 Å². The second kappa shape index (κ2) is 7.15. The molecule has 0 aliphatic rings. The van der Waals surface area contributed by atoms with E-state index in [0.717, 1.165) is 13.0 Å². The molecule has 0 atom stereocenters. The van der Waals surface area contributed by atoms with E-state index in [-0.39, 0.29) is 5.41 Å². The Morgan fingerprint density at radius 1 is 1.31 bits per heavy atom. The van der Waals surface area contributed by atoms with Gasteiger partial charge in [0.1, 0.15) is 0 Å². The summed E-state index contributed by atoms with van der Waals surface area (Å²) in [7, 11) is 6.16. The molecule has 0 fully saturated rings. The molecule has 0 aliphatic carbocycles. The first-order valence-electron chi connectivity index (χ1n) is 4.84. The molecular weight excluding hydrogens is 355 g/mol. The van der Waals surface area contributed by atoms with E-state index in [1.165, 1.54) is 12.8 Å². The van der Waals surface area contributed by atoms with Gasteiger partial charge >= 0.3 is 92.4 Å². The van der Waals surface area contributed by atoms with Crippen LogP contribution in [-0.4, -0.2) is 11.0 Å². The fraction of sp³-hybridized carbons (Fsp3) is 0.900. The van der Waals surface area contributed by atoms with Crippen LogP contribution in [0.1, 0.15) is 47.0 Å². The standard InChI is InChI=1S/C5H11O.C5H10.ClH.W/c1-2-3-4-5-6;1-5(2,3)4;;/h2-5H2,1H3;1H,2-4H3;1H;/q-1;;;+2/p-1. The quantitative estimate of drug-likeness (QED) is 0.665. The fourth-order valence-electron chi connectivity index (χ4n) is 0.803. The number of unbranched alkanes of at least 4 members (excludes halogenated alkanes) is 2. The molecular formula is C10H21ClOW. The summed E-state index contributed by atoms with van der Waals surface area (Å²) in [5, 5.41) is 0. The minimum atomic E-state index is -2.04. The maximum absolute atomic E-state index is 6.16. The molecule has 0 rings (SSSR count). The first kappa shape index (κ1) is 13.8. The summed E-state index contributed by atoms with van der Waals surface area (Å²) in [6, 6.07) is 0. The van der Waals surface area contributed by atoms with Gasteiger partial charge < -0.3 is 0 Å². The van der Waals surface area contributed by atoms with E-state index in [4.69, 9.17) is 12.8 Å². The Kier molecular flexibility index (Phi) is 7.59. The molecule has 0 spiro atoms. The van der Waals surface area contributed by atoms with Gasteiger partial charge in [-0.3, -0.25) is 0 Å². The van der Waals surface area contributed by atoms with Gasteiger partial charge in [-0.1, -0.05) is 0 Å².